The highest BCUT2D eigenvalue weighted by molar-refractivity contribution is 5.94. The van der Waals surface area contributed by atoms with Crippen LogP contribution in [-0.2, 0) is 6.54 Å². The Bertz CT molecular complexity index is 1060. The molecule has 2 heterocycles. The number of para-hydroxylation sites is 1. The molecular weight excluding hydrogens is 386 g/mol. The van der Waals surface area contributed by atoms with Crippen molar-refractivity contribution in [2.45, 2.75) is 63.6 Å². The molecule has 1 N–H and O–H groups in total. The van der Waals surface area contributed by atoms with Crippen molar-refractivity contribution in [1.82, 2.24) is 14.9 Å². The number of carbonyl (C=O) groups is 1. The number of hydrogen-bond acceptors (Lipinski definition) is 3. The van der Waals surface area contributed by atoms with Crippen LogP contribution in [0.5, 0.6) is 5.75 Å². The van der Waals surface area contributed by atoms with E-state index in [2.05, 4.69) is 20.9 Å². The van der Waals surface area contributed by atoms with E-state index < -0.39 is 0 Å². The number of aryl methyl sites for hydroxylation is 1. The maximum Gasteiger partial charge on any atom is 0.251 e. The first kappa shape index (κ1) is 19.9. The number of benzene rings is 2. The first-order valence-electron chi connectivity index (χ1n) is 11.3. The summed E-state index contributed by atoms with van der Waals surface area (Å²) < 4.78 is 8.59. The molecule has 5 heteroatoms. The van der Waals surface area contributed by atoms with Crippen LogP contribution in [0.1, 0.15) is 71.9 Å². The van der Waals surface area contributed by atoms with Gasteiger partial charge in [0, 0.05) is 36.5 Å². The van der Waals surface area contributed by atoms with Crippen molar-refractivity contribution in [3.05, 3.63) is 83.4 Å². The van der Waals surface area contributed by atoms with Gasteiger partial charge in [-0.2, -0.15) is 0 Å². The molecule has 1 amide bonds. The summed E-state index contributed by atoms with van der Waals surface area (Å²) in [5.74, 6) is 1.88. The van der Waals surface area contributed by atoms with Gasteiger partial charge < -0.3 is 14.6 Å². The zero-order valence-corrected chi connectivity index (χ0v) is 18.0. The summed E-state index contributed by atoms with van der Waals surface area (Å²) in [4.78, 5) is 17.4. The molecule has 1 aliphatic heterocycles. The summed E-state index contributed by atoms with van der Waals surface area (Å²) in [5.41, 5.74) is 2.78. The maximum absolute atomic E-state index is 13.1. The Hall–Kier alpha value is -3.08. The van der Waals surface area contributed by atoms with Gasteiger partial charge in [-0.15, -0.1) is 0 Å². The lowest BCUT2D eigenvalue weighted by Gasteiger charge is -2.44. The number of amides is 1. The Labute approximate surface area is 183 Å². The minimum Gasteiger partial charge on any atom is -0.487 e. The van der Waals surface area contributed by atoms with E-state index in [1.54, 1.807) is 0 Å². The summed E-state index contributed by atoms with van der Waals surface area (Å²) in [7, 11) is 0. The quantitative estimate of drug-likeness (QED) is 0.637. The maximum atomic E-state index is 13.1. The van der Waals surface area contributed by atoms with Crippen molar-refractivity contribution in [2.24, 2.45) is 0 Å². The summed E-state index contributed by atoms with van der Waals surface area (Å²) in [6.45, 7) is 2.75. The summed E-state index contributed by atoms with van der Waals surface area (Å²) in [6, 6.07) is 16.0. The highest BCUT2D eigenvalue weighted by Crippen LogP contribution is 2.46. The fourth-order valence-corrected chi connectivity index (χ4v) is 5.02. The number of imidazole rings is 1. The van der Waals surface area contributed by atoms with Gasteiger partial charge in [0.2, 0.25) is 0 Å². The van der Waals surface area contributed by atoms with Gasteiger partial charge in [-0.05, 0) is 56.4 Å². The van der Waals surface area contributed by atoms with E-state index >= 15 is 0 Å². The average Bonchev–Trinajstić information content (AvgIpc) is 3.19. The van der Waals surface area contributed by atoms with Crippen molar-refractivity contribution < 1.29 is 9.53 Å². The first-order valence-corrected chi connectivity index (χ1v) is 11.3. The monoisotopic (exact) mass is 415 g/mol. The van der Waals surface area contributed by atoms with Crippen molar-refractivity contribution in [2.75, 3.05) is 0 Å². The lowest BCUT2D eigenvalue weighted by atomic mass is 9.77. The summed E-state index contributed by atoms with van der Waals surface area (Å²) in [5, 5.41) is 3.30. The van der Waals surface area contributed by atoms with E-state index in [1.165, 1.54) is 19.3 Å². The molecule has 0 saturated heterocycles. The van der Waals surface area contributed by atoms with Gasteiger partial charge in [-0.3, -0.25) is 4.79 Å². The molecule has 1 aromatic heterocycles. The van der Waals surface area contributed by atoms with E-state index in [1.807, 2.05) is 61.8 Å². The number of rotatable bonds is 4. The van der Waals surface area contributed by atoms with Crippen LogP contribution in [0.2, 0.25) is 0 Å². The fraction of sp³-hybridized carbons (Fsp3) is 0.385. The molecule has 160 valence electrons. The van der Waals surface area contributed by atoms with Gasteiger partial charge in [0.05, 0.1) is 6.04 Å². The van der Waals surface area contributed by atoms with Gasteiger partial charge in [-0.25, -0.2) is 4.98 Å². The molecular formula is C26H29N3O2. The highest BCUT2D eigenvalue weighted by Gasteiger charge is 2.42. The van der Waals surface area contributed by atoms with Crippen LogP contribution in [0.4, 0.5) is 0 Å². The Morgan fingerprint density at radius 2 is 1.90 bits per heavy atom. The number of ether oxygens (including phenoxy) is 1. The third-order valence-corrected chi connectivity index (χ3v) is 6.76. The predicted octanol–water partition coefficient (Wildman–Crippen LogP) is 5.20. The lowest BCUT2D eigenvalue weighted by molar-refractivity contribution is -0.00209. The van der Waals surface area contributed by atoms with Crippen LogP contribution in [-0.4, -0.2) is 21.1 Å². The highest BCUT2D eigenvalue weighted by atomic mass is 16.5. The van der Waals surface area contributed by atoms with Crippen molar-refractivity contribution in [3.63, 3.8) is 0 Å². The third kappa shape index (κ3) is 4.09. The van der Waals surface area contributed by atoms with Crippen LogP contribution < -0.4 is 10.1 Å². The van der Waals surface area contributed by atoms with Gasteiger partial charge in [0.1, 0.15) is 17.2 Å². The minimum absolute atomic E-state index is 0.0242. The average molecular weight is 416 g/mol. The smallest absolute Gasteiger partial charge is 0.251 e. The molecule has 1 atom stereocenters. The van der Waals surface area contributed by atoms with Gasteiger partial charge >= 0.3 is 0 Å². The van der Waals surface area contributed by atoms with Crippen LogP contribution in [0.15, 0.2) is 60.9 Å². The number of nitrogens with one attached hydrogen (secondary N) is 1. The number of fused-ring (bicyclic) bond motifs is 1. The first-order chi connectivity index (χ1) is 15.1. The number of nitrogens with zero attached hydrogens (tertiary/aromatic N) is 2. The fourth-order valence-electron chi connectivity index (χ4n) is 5.02. The van der Waals surface area contributed by atoms with Crippen LogP contribution in [0.3, 0.4) is 0 Å². The van der Waals surface area contributed by atoms with Crippen molar-refractivity contribution >= 4 is 5.91 Å². The Morgan fingerprint density at radius 1 is 1.13 bits per heavy atom. The number of carbonyl (C=O) groups excluding carboxylic acids is 1. The molecule has 1 saturated carbocycles. The standard InChI is InChI=1S/C26H29N3O2/c1-19-27-15-16-29(19)18-20-9-11-21(12-10-20)25(30)28-23-17-26(13-5-2-6-14-26)31-24-8-4-3-7-22(23)24/h3-4,7-12,15-16,23H,2,5-6,13-14,17-18H2,1H3,(H,28,30)/t23-/m0/s1. The topological polar surface area (TPSA) is 56.2 Å². The molecule has 5 rings (SSSR count). The summed E-state index contributed by atoms with van der Waals surface area (Å²) in [6.07, 6.45) is 10.4. The largest absolute Gasteiger partial charge is 0.487 e. The van der Waals surface area contributed by atoms with E-state index in [-0.39, 0.29) is 17.6 Å². The Kier molecular flexibility index (Phi) is 5.26. The molecule has 1 aliphatic carbocycles. The van der Waals surface area contributed by atoms with Gasteiger partial charge in [0.15, 0.2) is 0 Å². The molecule has 31 heavy (non-hydrogen) atoms. The molecule has 3 aromatic rings. The molecule has 1 fully saturated rings. The molecule has 0 unspecified atom stereocenters. The molecule has 1 spiro atoms. The van der Waals surface area contributed by atoms with E-state index in [4.69, 9.17) is 4.74 Å². The molecule has 5 nitrogen and oxygen atoms in total. The molecule has 0 bridgehead atoms. The number of hydrogen-bond donors (Lipinski definition) is 1. The second-order valence-corrected chi connectivity index (χ2v) is 8.91. The van der Waals surface area contributed by atoms with Crippen LogP contribution in [0, 0.1) is 6.92 Å². The normalized spacial score (nSPS) is 19.5. The predicted molar refractivity (Wildman–Crippen MR) is 120 cm³/mol. The molecule has 2 aromatic carbocycles. The van der Waals surface area contributed by atoms with Crippen LogP contribution >= 0.6 is 0 Å². The van der Waals surface area contributed by atoms with Gasteiger partial charge in [0.25, 0.3) is 5.91 Å². The SMILES string of the molecule is Cc1nccn1Cc1ccc(C(=O)N[C@H]2CC3(CCCCC3)Oc3ccccc32)cc1. The van der Waals surface area contributed by atoms with Gasteiger partial charge in [-0.1, -0.05) is 36.8 Å². The van der Waals surface area contributed by atoms with Crippen molar-refractivity contribution in [1.29, 1.82) is 0 Å². The third-order valence-electron chi connectivity index (χ3n) is 6.76. The lowest BCUT2D eigenvalue weighted by Crippen LogP contribution is -2.46. The second-order valence-electron chi connectivity index (χ2n) is 8.91. The Morgan fingerprint density at radius 3 is 2.65 bits per heavy atom. The Balaban J connectivity index is 1.32. The van der Waals surface area contributed by atoms with E-state index in [0.717, 1.165) is 48.5 Å². The number of aromatic nitrogens is 2. The molecule has 0 radical (unpaired) electrons. The van der Waals surface area contributed by atoms with Crippen LogP contribution in [0.25, 0.3) is 0 Å². The van der Waals surface area contributed by atoms with E-state index in [0.29, 0.717) is 5.56 Å². The van der Waals surface area contributed by atoms with E-state index in [9.17, 15) is 4.79 Å². The molecule has 2 aliphatic rings. The summed E-state index contributed by atoms with van der Waals surface area (Å²) >= 11 is 0. The zero-order valence-electron chi connectivity index (χ0n) is 18.0. The second kappa shape index (κ2) is 8.22. The minimum atomic E-state index is -0.142. The van der Waals surface area contributed by atoms with Crippen molar-refractivity contribution in [3.8, 4) is 5.75 Å². The zero-order chi connectivity index (χ0) is 21.3.